The Kier molecular flexibility index (Phi) is 5.82. The van der Waals surface area contributed by atoms with Gasteiger partial charge < -0.3 is 9.84 Å². The van der Waals surface area contributed by atoms with Gasteiger partial charge in [-0.05, 0) is 0 Å². The number of ether oxygens (including phenoxy) is 1. The highest BCUT2D eigenvalue weighted by Crippen LogP contribution is 2.23. The number of hydrogen-bond acceptors (Lipinski definition) is 7. The minimum absolute atomic E-state index is 0.0502. The van der Waals surface area contributed by atoms with Crippen LogP contribution in [0.25, 0.3) is 15.5 Å². The molecule has 3 aromatic heterocycles. The number of aliphatic carboxylic acids is 1. The third kappa shape index (κ3) is 4.95. The summed E-state index contributed by atoms with van der Waals surface area (Å²) in [6.07, 6.45) is 0.120. The first kappa shape index (κ1) is 19.2. The molecule has 0 bridgehead atoms. The molecule has 0 atom stereocenters. The molecule has 0 aromatic carbocycles. The first-order valence-electron chi connectivity index (χ1n) is 6.74. The zero-order chi connectivity index (χ0) is 19.3. The molecule has 13 heteroatoms. The van der Waals surface area contributed by atoms with Crippen molar-refractivity contribution in [1.82, 2.24) is 19.8 Å². The van der Waals surface area contributed by atoms with Gasteiger partial charge in [0.15, 0.2) is 12.4 Å². The lowest BCUT2D eigenvalue weighted by Gasteiger charge is -1.99. The highest BCUT2D eigenvalue weighted by atomic mass is 32.1. The molecule has 0 fully saturated rings. The molecule has 0 aliphatic rings. The molecule has 0 aliphatic heterocycles. The number of hydrogen-bond donors (Lipinski definition) is 1. The summed E-state index contributed by atoms with van der Waals surface area (Å²) in [7, 11) is 0.676. The van der Waals surface area contributed by atoms with Crippen molar-refractivity contribution in [3.8, 4) is 10.6 Å². The van der Waals surface area contributed by atoms with E-state index in [2.05, 4.69) is 20.0 Å². The largest absolute Gasteiger partial charge is 0.490 e. The van der Waals surface area contributed by atoms with Crippen LogP contribution in [0.5, 0.6) is 0 Å². The summed E-state index contributed by atoms with van der Waals surface area (Å²) in [4.78, 5) is 20.8. The monoisotopic (exact) mass is 390 g/mol. The van der Waals surface area contributed by atoms with Gasteiger partial charge in [-0.2, -0.15) is 27.4 Å². The van der Waals surface area contributed by atoms with Gasteiger partial charge in [0.25, 0.3) is 0 Å². The van der Waals surface area contributed by atoms with Crippen LogP contribution in [0.15, 0.2) is 30.9 Å². The van der Waals surface area contributed by atoms with Crippen molar-refractivity contribution < 1.29 is 37.2 Å². The number of carboxylic acids is 1. The first-order chi connectivity index (χ1) is 12.2. The Bertz CT molecular complexity index is 878. The molecule has 3 heterocycles. The smallest absolute Gasteiger partial charge is 0.477 e. The maximum atomic E-state index is 11.0. The lowest BCUT2D eigenvalue weighted by Crippen LogP contribution is -2.36. The zero-order valence-corrected chi connectivity index (χ0v) is 13.9. The van der Waals surface area contributed by atoms with Crippen LogP contribution in [-0.2, 0) is 20.9 Å². The van der Waals surface area contributed by atoms with E-state index in [-0.39, 0.29) is 6.54 Å². The van der Waals surface area contributed by atoms with E-state index in [9.17, 15) is 22.8 Å². The fourth-order valence-electron chi connectivity index (χ4n) is 1.65. The highest BCUT2D eigenvalue weighted by molar-refractivity contribution is 7.19. The third-order valence-corrected chi connectivity index (χ3v) is 3.72. The molecular formula is C13H11F3N5O4S+. The minimum atomic E-state index is -4.85. The van der Waals surface area contributed by atoms with Crippen molar-refractivity contribution in [2.75, 3.05) is 7.11 Å². The predicted octanol–water partition coefficient (Wildman–Crippen LogP) is 0.947. The Balaban J connectivity index is 0.000000260. The molecule has 9 nitrogen and oxygen atoms in total. The van der Waals surface area contributed by atoms with Crippen molar-refractivity contribution in [1.29, 1.82) is 0 Å². The molecule has 3 aromatic rings. The molecule has 0 aliphatic carbocycles. The zero-order valence-electron chi connectivity index (χ0n) is 13.0. The second kappa shape index (κ2) is 7.86. The molecule has 0 amide bonds. The molecule has 0 radical (unpaired) electrons. The lowest BCUT2D eigenvalue weighted by atomic mass is 10.3. The second-order valence-electron chi connectivity index (χ2n) is 4.61. The molecule has 138 valence electrons. The first-order valence-corrected chi connectivity index (χ1v) is 7.55. The average Bonchev–Trinajstić information content (AvgIpc) is 3.15. The standard InChI is InChI=1S/C10H7N5O2S.C3H3F3O2/c16-8(17)5-14-3-1-7(2-4-14)9-13-15-6-11-12-10(15)18-9;1-8-2(7)3(4,5)6/h1-4,6H,5H2;1H3/p+1. The van der Waals surface area contributed by atoms with E-state index in [1.807, 2.05) is 12.1 Å². The Labute approximate surface area is 147 Å². The van der Waals surface area contributed by atoms with Crippen LogP contribution in [0.1, 0.15) is 0 Å². The van der Waals surface area contributed by atoms with Crippen molar-refractivity contribution in [3.05, 3.63) is 30.9 Å². The number of esters is 1. The van der Waals surface area contributed by atoms with Gasteiger partial charge in [-0.1, -0.05) is 11.3 Å². The highest BCUT2D eigenvalue weighted by Gasteiger charge is 2.40. The van der Waals surface area contributed by atoms with E-state index in [1.165, 1.54) is 11.3 Å². The SMILES string of the molecule is COC(=O)C(F)(F)F.O=C(O)C[n+]1ccc(-c2nn3cnnc3s2)cc1. The maximum Gasteiger partial charge on any atom is 0.490 e. The summed E-state index contributed by atoms with van der Waals surface area (Å²) in [5.74, 6) is -3.04. The quantitative estimate of drug-likeness (QED) is 0.524. The van der Waals surface area contributed by atoms with Crippen molar-refractivity contribution in [2.45, 2.75) is 12.7 Å². The molecule has 0 unspecified atom stereocenters. The number of aromatic nitrogens is 5. The van der Waals surface area contributed by atoms with Gasteiger partial charge in [0.05, 0.1) is 7.11 Å². The van der Waals surface area contributed by atoms with Crippen LogP contribution in [0.2, 0.25) is 0 Å². The van der Waals surface area contributed by atoms with Crippen LogP contribution < -0.4 is 4.57 Å². The Morgan fingerprint density at radius 3 is 2.46 bits per heavy atom. The van der Waals surface area contributed by atoms with Crippen molar-refractivity contribution in [2.24, 2.45) is 0 Å². The maximum absolute atomic E-state index is 11.0. The Morgan fingerprint density at radius 1 is 1.35 bits per heavy atom. The number of carboxylic acid groups (broad SMARTS) is 1. The number of pyridine rings is 1. The van der Waals surface area contributed by atoms with Crippen LogP contribution in [0.4, 0.5) is 13.2 Å². The Hall–Kier alpha value is -3.09. The lowest BCUT2D eigenvalue weighted by molar-refractivity contribution is -0.685. The van der Waals surface area contributed by atoms with Gasteiger partial charge in [0.1, 0.15) is 11.3 Å². The summed E-state index contributed by atoms with van der Waals surface area (Å²) in [6, 6.07) is 3.66. The van der Waals surface area contributed by atoms with Crippen molar-refractivity contribution in [3.63, 3.8) is 0 Å². The van der Waals surface area contributed by atoms with Crippen LogP contribution in [0, 0.1) is 0 Å². The fraction of sp³-hybridized carbons (Fsp3) is 0.231. The van der Waals surface area contributed by atoms with Crippen molar-refractivity contribution >= 4 is 28.2 Å². The molecule has 1 N–H and O–H groups in total. The van der Waals surface area contributed by atoms with E-state index in [0.717, 1.165) is 15.5 Å². The molecular weight excluding hydrogens is 379 g/mol. The number of halogens is 3. The normalized spacial score (nSPS) is 10.9. The fourth-order valence-corrected chi connectivity index (χ4v) is 2.48. The predicted molar refractivity (Wildman–Crippen MR) is 80.0 cm³/mol. The van der Waals surface area contributed by atoms with Gasteiger partial charge >= 0.3 is 18.1 Å². The summed E-state index contributed by atoms with van der Waals surface area (Å²) >= 11 is 1.43. The minimum Gasteiger partial charge on any atom is -0.477 e. The number of rotatable bonds is 3. The Morgan fingerprint density at radius 2 is 2.00 bits per heavy atom. The number of methoxy groups -OCH3 is 1. The summed E-state index contributed by atoms with van der Waals surface area (Å²) in [5.41, 5.74) is 0.923. The number of carbonyl (C=O) groups is 2. The number of alkyl halides is 3. The number of fused-ring (bicyclic) bond motifs is 1. The molecule has 26 heavy (non-hydrogen) atoms. The van der Waals surface area contributed by atoms with E-state index in [1.54, 1.807) is 27.8 Å². The van der Waals surface area contributed by atoms with E-state index < -0.39 is 18.1 Å². The number of carbonyl (C=O) groups excluding carboxylic acids is 1. The summed E-state index contributed by atoms with van der Waals surface area (Å²) in [6.45, 7) is -0.0502. The second-order valence-corrected chi connectivity index (χ2v) is 5.56. The molecule has 0 saturated heterocycles. The van der Waals surface area contributed by atoms with Gasteiger partial charge in [-0.25, -0.2) is 9.59 Å². The van der Waals surface area contributed by atoms with E-state index in [4.69, 9.17) is 5.11 Å². The van der Waals surface area contributed by atoms with E-state index in [0.29, 0.717) is 7.11 Å². The molecule has 0 saturated carbocycles. The summed E-state index contributed by atoms with van der Waals surface area (Å²) in [5, 5.41) is 21.5. The van der Waals surface area contributed by atoms with Crippen LogP contribution in [0.3, 0.4) is 0 Å². The van der Waals surface area contributed by atoms with Gasteiger partial charge in [0, 0.05) is 17.7 Å². The molecule has 0 spiro atoms. The summed E-state index contributed by atoms with van der Waals surface area (Å²) < 4.78 is 39.5. The van der Waals surface area contributed by atoms with E-state index >= 15 is 0 Å². The van der Waals surface area contributed by atoms with Crippen LogP contribution >= 0.6 is 11.3 Å². The average molecular weight is 390 g/mol. The van der Waals surface area contributed by atoms with Crippen LogP contribution in [-0.4, -0.2) is 50.1 Å². The topological polar surface area (TPSA) is 111 Å². The third-order valence-electron chi connectivity index (χ3n) is 2.76. The van der Waals surface area contributed by atoms with Gasteiger partial charge in [0.2, 0.25) is 11.5 Å². The molecule has 3 rings (SSSR count). The van der Waals surface area contributed by atoms with Gasteiger partial charge in [-0.3, -0.25) is 0 Å². The van der Waals surface area contributed by atoms with Gasteiger partial charge in [-0.15, -0.1) is 10.2 Å². The number of nitrogens with zero attached hydrogens (tertiary/aromatic N) is 5.